The molecule has 1 aliphatic rings. The second-order valence-corrected chi connectivity index (χ2v) is 21.7. The number of nitrogens with zero attached hydrogens (tertiary/aromatic N) is 7. The average molecular weight is 988 g/mol. The SMILES string of the molecule is CCCOCCn1c(=O)c2c(nc(Oc3cccc(OC(F)(F)F)c3)n2COCC[Si](C)(C)C)n(C)c1=O.Cn1c2c(c(=O)n(CCOCCO)c1=O)CC(Oc1cccc(OC(F)(F)F)c1)=N2. The number of benzene rings is 2. The number of ether oxygens (including phenoxy) is 7. The third kappa shape index (κ3) is 14.4. The molecule has 5 aromatic rings. The van der Waals surface area contributed by atoms with Crippen LogP contribution < -0.4 is 41.4 Å². The van der Waals surface area contributed by atoms with Gasteiger partial charge in [0.15, 0.2) is 11.2 Å². The van der Waals surface area contributed by atoms with Crippen LogP contribution in [0, 0.1) is 0 Å². The van der Waals surface area contributed by atoms with Crippen molar-refractivity contribution in [3.05, 3.63) is 95.8 Å². The Kier molecular flexibility index (Phi) is 17.6. The summed E-state index contributed by atoms with van der Waals surface area (Å²) in [6.45, 7) is 9.51. The molecule has 2 aromatic carbocycles. The van der Waals surface area contributed by atoms with Gasteiger partial charge in [-0.05, 0) is 36.7 Å². The molecular formula is C42H51F6N7O12Si. The highest BCUT2D eigenvalue weighted by Crippen LogP contribution is 2.31. The van der Waals surface area contributed by atoms with E-state index in [1.54, 1.807) is 0 Å². The van der Waals surface area contributed by atoms with Gasteiger partial charge < -0.3 is 38.3 Å². The minimum Gasteiger partial charge on any atom is -0.442 e. The molecule has 0 saturated heterocycles. The summed E-state index contributed by atoms with van der Waals surface area (Å²) in [4.78, 5) is 60.0. The van der Waals surface area contributed by atoms with Crippen LogP contribution in [0.15, 0.2) is 72.7 Å². The van der Waals surface area contributed by atoms with E-state index in [1.165, 1.54) is 52.1 Å². The van der Waals surface area contributed by atoms with Gasteiger partial charge in [0.2, 0.25) is 5.90 Å². The highest BCUT2D eigenvalue weighted by atomic mass is 28.3. The smallest absolute Gasteiger partial charge is 0.442 e. The van der Waals surface area contributed by atoms with Crippen LogP contribution in [-0.2, 0) is 54.5 Å². The number of aryl methyl sites for hydroxylation is 1. The molecule has 68 heavy (non-hydrogen) atoms. The van der Waals surface area contributed by atoms with Gasteiger partial charge >= 0.3 is 30.1 Å². The van der Waals surface area contributed by atoms with Crippen molar-refractivity contribution >= 4 is 31.0 Å². The predicted molar refractivity (Wildman–Crippen MR) is 236 cm³/mol. The molecule has 0 amide bonds. The van der Waals surface area contributed by atoms with E-state index in [2.05, 4.69) is 39.1 Å². The second-order valence-electron chi connectivity index (χ2n) is 16.1. The molecule has 6 rings (SSSR count). The fraction of sp³-hybridized carbons (Fsp3) is 0.476. The van der Waals surface area contributed by atoms with Crippen LogP contribution in [0.25, 0.3) is 11.2 Å². The number of rotatable bonds is 20. The fourth-order valence-corrected chi connectivity index (χ4v) is 7.15. The van der Waals surface area contributed by atoms with Gasteiger partial charge in [-0.1, -0.05) is 38.7 Å². The Morgan fingerprint density at radius 3 is 1.79 bits per heavy atom. The number of imidazole rings is 1. The lowest BCUT2D eigenvalue weighted by Gasteiger charge is -2.16. The topological polar surface area (TPSA) is 203 Å². The fourth-order valence-electron chi connectivity index (χ4n) is 6.40. The zero-order chi connectivity index (χ0) is 50.0. The summed E-state index contributed by atoms with van der Waals surface area (Å²) in [6, 6.07) is 10.5. The maximum Gasteiger partial charge on any atom is 0.573 e. The largest absolute Gasteiger partial charge is 0.573 e. The quantitative estimate of drug-likeness (QED) is 0.0587. The third-order valence-corrected chi connectivity index (χ3v) is 11.3. The molecule has 0 radical (unpaired) electrons. The molecule has 0 saturated carbocycles. The average Bonchev–Trinajstić information content (AvgIpc) is 3.84. The summed E-state index contributed by atoms with van der Waals surface area (Å²) >= 11 is 0. The predicted octanol–water partition coefficient (Wildman–Crippen LogP) is 5.45. The number of hydrogen-bond acceptors (Lipinski definition) is 14. The number of fused-ring (bicyclic) bond motifs is 2. The second kappa shape index (κ2) is 22.7. The molecule has 0 aliphatic carbocycles. The molecule has 0 atom stereocenters. The lowest BCUT2D eigenvalue weighted by molar-refractivity contribution is -0.275. The summed E-state index contributed by atoms with van der Waals surface area (Å²) in [7, 11) is 1.51. The minimum absolute atomic E-state index is 0.00813. The van der Waals surface area contributed by atoms with Crippen LogP contribution in [0.3, 0.4) is 0 Å². The van der Waals surface area contributed by atoms with E-state index in [-0.39, 0.29) is 98.6 Å². The molecule has 1 N–H and O–H groups in total. The van der Waals surface area contributed by atoms with Crippen molar-refractivity contribution < 1.29 is 64.6 Å². The highest BCUT2D eigenvalue weighted by molar-refractivity contribution is 6.76. The molecule has 0 bridgehead atoms. The van der Waals surface area contributed by atoms with Crippen molar-refractivity contribution in [2.45, 2.75) is 78.0 Å². The van der Waals surface area contributed by atoms with Crippen LogP contribution in [-0.4, -0.2) is 99.3 Å². The van der Waals surface area contributed by atoms with Crippen molar-refractivity contribution in [2.75, 3.05) is 39.6 Å². The Balaban J connectivity index is 0.000000261. The molecule has 4 heterocycles. The Hall–Kier alpha value is -6.22. The first-order valence-electron chi connectivity index (χ1n) is 21.0. The molecule has 3 aromatic heterocycles. The zero-order valence-corrected chi connectivity index (χ0v) is 38.9. The van der Waals surface area contributed by atoms with Gasteiger partial charge in [-0.2, -0.15) is 9.98 Å². The first kappa shape index (κ1) is 52.7. The summed E-state index contributed by atoms with van der Waals surface area (Å²) in [5.74, 6) is -0.750. The Bertz CT molecular complexity index is 2810. The molecule has 19 nitrogen and oxygen atoms in total. The number of aliphatic hydroxyl groups is 1. The number of aromatic nitrogens is 6. The van der Waals surface area contributed by atoms with Gasteiger partial charge in [-0.3, -0.25) is 32.4 Å². The number of halogens is 6. The lowest BCUT2D eigenvalue weighted by Crippen LogP contribution is -2.41. The van der Waals surface area contributed by atoms with Crippen LogP contribution in [0.1, 0.15) is 18.9 Å². The number of alkyl halides is 6. The Labute approximate surface area is 384 Å². The molecule has 26 heteroatoms. The van der Waals surface area contributed by atoms with E-state index in [4.69, 9.17) is 28.8 Å². The monoisotopic (exact) mass is 987 g/mol. The Morgan fingerprint density at radius 2 is 1.24 bits per heavy atom. The van der Waals surface area contributed by atoms with E-state index in [9.17, 15) is 45.5 Å². The molecule has 1 aliphatic heterocycles. The maximum absolute atomic E-state index is 13.4. The highest BCUT2D eigenvalue weighted by Gasteiger charge is 2.33. The number of hydrogen-bond donors (Lipinski definition) is 1. The van der Waals surface area contributed by atoms with E-state index < -0.39 is 54.8 Å². The molecule has 0 unspecified atom stereocenters. The van der Waals surface area contributed by atoms with Crippen LogP contribution in [0.2, 0.25) is 25.7 Å². The van der Waals surface area contributed by atoms with Gasteiger partial charge in [0.05, 0.1) is 51.5 Å². The van der Waals surface area contributed by atoms with Crippen molar-refractivity contribution in [3.8, 4) is 29.0 Å². The van der Waals surface area contributed by atoms with E-state index in [0.717, 1.165) is 45.9 Å². The first-order chi connectivity index (χ1) is 32.0. The summed E-state index contributed by atoms with van der Waals surface area (Å²) in [5.41, 5.74) is -2.01. The van der Waals surface area contributed by atoms with Crippen LogP contribution >= 0.6 is 0 Å². The summed E-state index contributed by atoms with van der Waals surface area (Å²) < 4.78 is 117. The van der Waals surface area contributed by atoms with Crippen molar-refractivity contribution in [3.63, 3.8) is 0 Å². The van der Waals surface area contributed by atoms with E-state index in [1.807, 2.05) is 6.92 Å². The third-order valence-electron chi connectivity index (χ3n) is 9.61. The Morgan fingerprint density at radius 1 is 0.691 bits per heavy atom. The van der Waals surface area contributed by atoms with Crippen molar-refractivity contribution in [1.82, 2.24) is 27.8 Å². The number of aliphatic imine (C=N–C) groups is 1. The van der Waals surface area contributed by atoms with Crippen LogP contribution in [0.5, 0.6) is 29.0 Å². The van der Waals surface area contributed by atoms with E-state index in [0.29, 0.717) is 13.2 Å². The molecule has 0 spiro atoms. The normalized spacial score (nSPS) is 12.7. The van der Waals surface area contributed by atoms with Gasteiger partial charge in [0.1, 0.15) is 35.5 Å². The summed E-state index contributed by atoms with van der Waals surface area (Å²) in [5, 5.41) is 8.71. The van der Waals surface area contributed by atoms with Crippen molar-refractivity contribution in [1.29, 1.82) is 0 Å². The zero-order valence-electron chi connectivity index (χ0n) is 37.9. The van der Waals surface area contributed by atoms with Gasteiger partial charge in [0.25, 0.3) is 11.1 Å². The number of aliphatic hydroxyl groups excluding tert-OH is 1. The van der Waals surface area contributed by atoms with Crippen molar-refractivity contribution in [2.24, 2.45) is 19.1 Å². The molecular weight excluding hydrogens is 937 g/mol. The van der Waals surface area contributed by atoms with Gasteiger partial charge in [0, 0.05) is 47.5 Å². The minimum atomic E-state index is -4.87. The molecule has 0 fully saturated rings. The maximum atomic E-state index is 13.4. The summed E-state index contributed by atoms with van der Waals surface area (Å²) in [6.07, 6.45) is -8.96. The van der Waals surface area contributed by atoms with Gasteiger partial charge in [-0.15, -0.1) is 26.3 Å². The van der Waals surface area contributed by atoms with E-state index >= 15 is 0 Å². The molecule has 372 valence electrons. The van der Waals surface area contributed by atoms with Crippen LogP contribution in [0.4, 0.5) is 32.2 Å². The van der Waals surface area contributed by atoms with Gasteiger partial charge in [-0.25, -0.2) is 9.59 Å². The standard InChI is InChI=1S/C24H33F3N4O6Si.C18H18F3N3O6/c1-6-11-34-12-10-30-21(32)19-20(29(2)23(30)33)28-22(31(19)16-35-13-14-38(3,4)5)36-17-8-7-9-18(15-17)37-24(25,26)27;1-23-15-13(16(26)24(17(23)27)5-7-28-8-6-25)10-14(22-15)29-11-3-2-4-12(9-11)30-18(19,20)21/h7-9,15H,6,10-14,16H2,1-5H3;2-4,9,25H,5-8,10H2,1H3. The first-order valence-corrected chi connectivity index (χ1v) is 24.7. The lowest BCUT2D eigenvalue weighted by atomic mass is 10.2.